The van der Waals surface area contributed by atoms with Gasteiger partial charge in [0.15, 0.2) is 0 Å². The zero-order valence-electron chi connectivity index (χ0n) is 12.6. The standard InChI is InChI=1S/C16H15ClN2O3S/c1-3-23-15-11(8-18)12(9-4-6-10(17)7-5-9)13(14(20)19-15)16(21)22-2/h4-7,12-13H,3H2,1-2H3,(H,19,20)/t12?,13-/m1/s1. The lowest BCUT2D eigenvalue weighted by atomic mass is 9.78. The van der Waals surface area contributed by atoms with E-state index in [1.54, 1.807) is 24.3 Å². The molecule has 5 nitrogen and oxygen atoms in total. The highest BCUT2D eigenvalue weighted by molar-refractivity contribution is 8.03. The molecule has 0 saturated carbocycles. The van der Waals surface area contributed by atoms with Gasteiger partial charge in [0.05, 0.1) is 23.8 Å². The van der Waals surface area contributed by atoms with Crippen molar-refractivity contribution in [2.75, 3.05) is 12.9 Å². The van der Waals surface area contributed by atoms with Gasteiger partial charge in [0.1, 0.15) is 5.92 Å². The molecule has 1 heterocycles. The van der Waals surface area contributed by atoms with Gasteiger partial charge in [-0.15, -0.1) is 11.8 Å². The lowest BCUT2D eigenvalue weighted by molar-refractivity contribution is -0.150. The van der Waals surface area contributed by atoms with Crippen LogP contribution in [0.2, 0.25) is 5.02 Å². The number of hydrogen-bond acceptors (Lipinski definition) is 5. The summed E-state index contributed by atoms with van der Waals surface area (Å²) in [7, 11) is 1.22. The summed E-state index contributed by atoms with van der Waals surface area (Å²) in [5, 5.41) is 13.3. The SMILES string of the molecule is CCSC1=C(C#N)C(c2ccc(Cl)cc2)[C@@H](C(=O)OC)C(=O)N1. The molecule has 1 amide bonds. The number of ether oxygens (including phenoxy) is 1. The van der Waals surface area contributed by atoms with Gasteiger partial charge in [0.25, 0.3) is 0 Å². The number of methoxy groups -OCH3 is 1. The normalized spacial score (nSPS) is 20.7. The van der Waals surface area contributed by atoms with Crippen LogP contribution in [0, 0.1) is 17.2 Å². The number of nitrogens with one attached hydrogen (secondary N) is 1. The first-order chi connectivity index (χ1) is 11.0. The number of nitriles is 1. The Labute approximate surface area is 143 Å². The van der Waals surface area contributed by atoms with Gasteiger partial charge in [-0.05, 0) is 23.4 Å². The van der Waals surface area contributed by atoms with Gasteiger partial charge >= 0.3 is 5.97 Å². The minimum Gasteiger partial charge on any atom is -0.468 e. The Morgan fingerprint density at radius 3 is 2.61 bits per heavy atom. The average molecular weight is 351 g/mol. The largest absolute Gasteiger partial charge is 0.468 e. The number of rotatable bonds is 4. The van der Waals surface area contributed by atoms with E-state index in [0.717, 1.165) is 0 Å². The summed E-state index contributed by atoms with van der Waals surface area (Å²) >= 11 is 7.26. The van der Waals surface area contributed by atoms with Gasteiger partial charge in [-0.3, -0.25) is 9.59 Å². The van der Waals surface area contributed by atoms with E-state index in [4.69, 9.17) is 16.3 Å². The number of amides is 1. The monoisotopic (exact) mass is 350 g/mol. The molecular formula is C16H15ClN2O3S. The Balaban J connectivity index is 2.61. The van der Waals surface area contributed by atoms with E-state index < -0.39 is 23.7 Å². The summed E-state index contributed by atoms with van der Waals surface area (Å²) in [6.45, 7) is 1.92. The first-order valence-corrected chi connectivity index (χ1v) is 8.31. The molecule has 23 heavy (non-hydrogen) atoms. The number of esters is 1. The predicted octanol–water partition coefficient (Wildman–Crippen LogP) is 2.83. The molecule has 0 radical (unpaired) electrons. The van der Waals surface area contributed by atoms with Crippen LogP contribution in [0.3, 0.4) is 0 Å². The molecule has 2 atom stereocenters. The van der Waals surface area contributed by atoms with Crippen LogP contribution < -0.4 is 5.32 Å². The summed E-state index contributed by atoms with van der Waals surface area (Å²) in [6, 6.07) is 8.90. The third-order valence-corrected chi connectivity index (χ3v) is 4.65. The van der Waals surface area contributed by atoms with Crippen LogP contribution in [-0.2, 0) is 14.3 Å². The molecule has 1 aromatic rings. The first-order valence-electron chi connectivity index (χ1n) is 6.94. The molecule has 0 bridgehead atoms. The van der Waals surface area contributed by atoms with Gasteiger partial charge in [-0.1, -0.05) is 30.7 Å². The molecular weight excluding hydrogens is 336 g/mol. The molecule has 0 spiro atoms. The zero-order valence-corrected chi connectivity index (χ0v) is 14.2. The van der Waals surface area contributed by atoms with Crippen molar-refractivity contribution >= 4 is 35.2 Å². The van der Waals surface area contributed by atoms with E-state index in [0.29, 0.717) is 26.9 Å². The summed E-state index contributed by atoms with van der Waals surface area (Å²) in [5.41, 5.74) is 1.03. The molecule has 1 aromatic carbocycles. The number of halogens is 1. The predicted molar refractivity (Wildman–Crippen MR) is 88.6 cm³/mol. The second kappa shape index (κ2) is 7.53. The van der Waals surface area contributed by atoms with Gasteiger partial charge in [0.2, 0.25) is 5.91 Å². The number of carbonyl (C=O) groups excluding carboxylic acids is 2. The first kappa shape index (κ1) is 17.4. The number of thioether (sulfide) groups is 1. The molecule has 1 aliphatic heterocycles. The highest BCUT2D eigenvalue weighted by Crippen LogP contribution is 2.40. The van der Waals surface area contributed by atoms with Crippen molar-refractivity contribution in [2.45, 2.75) is 12.8 Å². The van der Waals surface area contributed by atoms with Crippen LogP contribution in [0.5, 0.6) is 0 Å². The number of hydrogen-bond donors (Lipinski definition) is 1. The number of benzene rings is 1. The van der Waals surface area contributed by atoms with Crippen LogP contribution in [0.1, 0.15) is 18.4 Å². The fourth-order valence-corrected chi connectivity index (χ4v) is 3.41. The highest BCUT2D eigenvalue weighted by atomic mass is 35.5. The fraction of sp³-hybridized carbons (Fsp3) is 0.312. The zero-order chi connectivity index (χ0) is 17.0. The second-order valence-electron chi connectivity index (χ2n) is 4.81. The molecule has 1 unspecified atom stereocenters. The van der Waals surface area contributed by atoms with E-state index in [1.807, 2.05) is 6.92 Å². The molecule has 0 aromatic heterocycles. The average Bonchev–Trinajstić information content (AvgIpc) is 2.54. The van der Waals surface area contributed by atoms with Crippen molar-refractivity contribution < 1.29 is 14.3 Å². The van der Waals surface area contributed by atoms with Gasteiger partial charge in [0, 0.05) is 10.9 Å². The smallest absolute Gasteiger partial charge is 0.319 e. The van der Waals surface area contributed by atoms with Crippen molar-refractivity contribution in [3.8, 4) is 6.07 Å². The molecule has 0 saturated heterocycles. The summed E-state index contributed by atoms with van der Waals surface area (Å²) in [4.78, 5) is 24.5. The summed E-state index contributed by atoms with van der Waals surface area (Å²) in [6.07, 6.45) is 0. The molecule has 120 valence electrons. The Bertz CT molecular complexity index is 694. The Kier molecular flexibility index (Phi) is 5.69. The van der Waals surface area contributed by atoms with E-state index in [9.17, 15) is 14.9 Å². The number of carbonyl (C=O) groups is 2. The van der Waals surface area contributed by atoms with Crippen LogP contribution in [0.15, 0.2) is 34.9 Å². The highest BCUT2D eigenvalue weighted by Gasteiger charge is 2.44. The lowest BCUT2D eigenvalue weighted by Crippen LogP contribution is -2.44. The number of allylic oxidation sites excluding steroid dienone is 1. The van der Waals surface area contributed by atoms with Crippen molar-refractivity contribution in [3.63, 3.8) is 0 Å². The van der Waals surface area contributed by atoms with Crippen molar-refractivity contribution in [1.29, 1.82) is 5.26 Å². The van der Waals surface area contributed by atoms with Crippen molar-refractivity contribution in [2.24, 2.45) is 5.92 Å². The van der Waals surface area contributed by atoms with Crippen LogP contribution >= 0.6 is 23.4 Å². The topological polar surface area (TPSA) is 79.2 Å². The maximum atomic E-state index is 12.4. The molecule has 1 aliphatic rings. The van der Waals surface area contributed by atoms with Crippen molar-refractivity contribution in [3.05, 3.63) is 45.5 Å². The van der Waals surface area contributed by atoms with E-state index >= 15 is 0 Å². The maximum absolute atomic E-state index is 12.4. The third-order valence-electron chi connectivity index (χ3n) is 3.50. The Morgan fingerprint density at radius 2 is 2.09 bits per heavy atom. The molecule has 7 heteroatoms. The van der Waals surface area contributed by atoms with Crippen LogP contribution in [0.4, 0.5) is 0 Å². The Hall–Kier alpha value is -1.97. The van der Waals surface area contributed by atoms with Gasteiger partial charge in [-0.2, -0.15) is 5.26 Å². The molecule has 1 N–H and O–H groups in total. The lowest BCUT2D eigenvalue weighted by Gasteiger charge is -2.30. The van der Waals surface area contributed by atoms with Crippen LogP contribution in [0.25, 0.3) is 0 Å². The van der Waals surface area contributed by atoms with E-state index in [1.165, 1.54) is 18.9 Å². The van der Waals surface area contributed by atoms with Crippen molar-refractivity contribution in [1.82, 2.24) is 5.32 Å². The Morgan fingerprint density at radius 1 is 1.43 bits per heavy atom. The number of nitrogens with zero attached hydrogens (tertiary/aromatic N) is 1. The molecule has 0 aliphatic carbocycles. The van der Waals surface area contributed by atoms with E-state index in [2.05, 4.69) is 11.4 Å². The summed E-state index contributed by atoms with van der Waals surface area (Å²) in [5.74, 6) is -2.23. The quantitative estimate of drug-likeness (QED) is 0.667. The minimum absolute atomic E-state index is 0.356. The third kappa shape index (κ3) is 3.52. The van der Waals surface area contributed by atoms with Gasteiger partial charge in [-0.25, -0.2) is 0 Å². The van der Waals surface area contributed by atoms with Crippen LogP contribution in [-0.4, -0.2) is 24.7 Å². The fourth-order valence-electron chi connectivity index (χ4n) is 2.49. The molecule has 0 fully saturated rings. The van der Waals surface area contributed by atoms with Gasteiger partial charge < -0.3 is 10.1 Å². The van der Waals surface area contributed by atoms with E-state index in [-0.39, 0.29) is 0 Å². The second-order valence-corrected chi connectivity index (χ2v) is 6.52. The minimum atomic E-state index is -1.10. The molecule has 2 rings (SSSR count). The maximum Gasteiger partial charge on any atom is 0.319 e. The summed E-state index contributed by atoms with van der Waals surface area (Å²) < 4.78 is 4.76.